The number of carbonyl (C=O) groups is 2. The first-order chi connectivity index (χ1) is 18.7. The Morgan fingerprint density at radius 3 is 2.33 bits per heavy atom. The first-order valence-corrected chi connectivity index (χ1v) is 12.6. The highest BCUT2D eigenvalue weighted by Crippen LogP contribution is 2.32. The number of pyridine rings is 1. The predicted molar refractivity (Wildman–Crippen MR) is 151 cm³/mol. The number of amides is 2. The van der Waals surface area contributed by atoms with Gasteiger partial charge in [-0.05, 0) is 62.2 Å². The molecule has 0 fully saturated rings. The molecule has 0 aliphatic carbocycles. The average Bonchev–Trinajstić information content (AvgIpc) is 3.42. The van der Waals surface area contributed by atoms with Gasteiger partial charge < -0.3 is 19.7 Å². The molecule has 2 N–H and O–H groups in total. The summed E-state index contributed by atoms with van der Waals surface area (Å²) in [6, 6.07) is 18.5. The molecule has 2 amide bonds. The highest BCUT2D eigenvalue weighted by molar-refractivity contribution is 6.12. The maximum atomic E-state index is 13.5. The molecule has 0 atom stereocenters. The van der Waals surface area contributed by atoms with E-state index in [-0.39, 0.29) is 17.4 Å². The molecule has 0 aliphatic heterocycles. The van der Waals surface area contributed by atoms with Crippen LogP contribution >= 0.6 is 0 Å². The second kappa shape index (κ2) is 10.1. The molecule has 198 valence electrons. The summed E-state index contributed by atoms with van der Waals surface area (Å²) in [4.78, 5) is 42.6. The van der Waals surface area contributed by atoms with Gasteiger partial charge in [-0.15, -0.1) is 0 Å². The smallest absolute Gasteiger partial charge is 0.290 e. The van der Waals surface area contributed by atoms with Gasteiger partial charge in [0, 0.05) is 48.7 Å². The number of anilines is 1. The molecular weight excluding hydrogens is 494 g/mol. The maximum Gasteiger partial charge on any atom is 0.290 e. The maximum absolute atomic E-state index is 13.5. The van der Waals surface area contributed by atoms with Crippen LogP contribution < -0.4 is 16.2 Å². The SMILES string of the molecule is CCn1c(-c2ccc(-c3c(C)on(C)c3=O)cc2)cc2cc(C)nc(C(=O)Nc3cccc(C(=O)NC)c3)c21. The summed E-state index contributed by atoms with van der Waals surface area (Å²) in [7, 11) is 3.15. The minimum atomic E-state index is -0.362. The van der Waals surface area contributed by atoms with Crippen molar-refractivity contribution in [2.75, 3.05) is 12.4 Å². The van der Waals surface area contributed by atoms with E-state index < -0.39 is 0 Å². The molecule has 5 aromatic rings. The lowest BCUT2D eigenvalue weighted by Gasteiger charge is -2.12. The van der Waals surface area contributed by atoms with E-state index >= 15 is 0 Å². The van der Waals surface area contributed by atoms with Crippen molar-refractivity contribution in [3.05, 3.63) is 93.7 Å². The highest BCUT2D eigenvalue weighted by atomic mass is 16.5. The van der Waals surface area contributed by atoms with Crippen LogP contribution in [0, 0.1) is 13.8 Å². The summed E-state index contributed by atoms with van der Waals surface area (Å²) >= 11 is 0. The van der Waals surface area contributed by atoms with Gasteiger partial charge in [-0.1, -0.05) is 30.3 Å². The zero-order valence-corrected chi connectivity index (χ0v) is 22.5. The molecule has 0 radical (unpaired) electrons. The van der Waals surface area contributed by atoms with Gasteiger partial charge in [0.25, 0.3) is 17.4 Å². The summed E-state index contributed by atoms with van der Waals surface area (Å²) in [5.74, 6) is -0.0318. The van der Waals surface area contributed by atoms with Crippen LogP contribution in [-0.4, -0.2) is 33.2 Å². The Morgan fingerprint density at radius 2 is 1.69 bits per heavy atom. The lowest BCUT2D eigenvalue weighted by Crippen LogP contribution is -2.19. The fourth-order valence-corrected chi connectivity index (χ4v) is 4.96. The van der Waals surface area contributed by atoms with Crippen molar-refractivity contribution in [2.24, 2.45) is 7.05 Å². The first kappa shape index (κ1) is 25.7. The zero-order chi connectivity index (χ0) is 27.8. The number of nitrogens with one attached hydrogen (secondary N) is 2. The fourth-order valence-electron chi connectivity index (χ4n) is 4.96. The van der Waals surface area contributed by atoms with E-state index in [1.807, 2.05) is 50.2 Å². The van der Waals surface area contributed by atoms with Crippen LogP contribution in [0.4, 0.5) is 5.69 Å². The fraction of sp³-hybridized carbons (Fsp3) is 0.200. The molecule has 0 saturated carbocycles. The number of fused-ring (bicyclic) bond motifs is 1. The van der Waals surface area contributed by atoms with Gasteiger partial charge in [0.2, 0.25) is 0 Å². The number of nitrogens with zero attached hydrogens (tertiary/aromatic N) is 3. The number of aryl methyl sites for hydroxylation is 4. The van der Waals surface area contributed by atoms with Gasteiger partial charge in [-0.3, -0.25) is 14.4 Å². The van der Waals surface area contributed by atoms with Gasteiger partial charge >= 0.3 is 0 Å². The van der Waals surface area contributed by atoms with Gasteiger partial charge in [-0.25, -0.2) is 4.98 Å². The van der Waals surface area contributed by atoms with Crippen molar-refractivity contribution < 1.29 is 14.1 Å². The average molecular weight is 524 g/mol. The minimum Gasteiger partial charge on any atom is -0.381 e. The summed E-state index contributed by atoms with van der Waals surface area (Å²) in [5, 5.41) is 6.39. The van der Waals surface area contributed by atoms with Crippen molar-refractivity contribution in [3.8, 4) is 22.4 Å². The van der Waals surface area contributed by atoms with Crippen molar-refractivity contribution >= 4 is 28.4 Å². The first-order valence-electron chi connectivity index (χ1n) is 12.6. The lowest BCUT2D eigenvalue weighted by molar-refractivity contribution is 0.0961. The molecular formula is C30H29N5O4. The topological polar surface area (TPSA) is 111 Å². The summed E-state index contributed by atoms with van der Waals surface area (Å²) in [6.07, 6.45) is 0. The third-order valence-corrected chi connectivity index (χ3v) is 6.74. The summed E-state index contributed by atoms with van der Waals surface area (Å²) in [5.41, 5.74) is 5.71. The Hall–Kier alpha value is -4.92. The molecule has 3 aromatic heterocycles. The van der Waals surface area contributed by atoms with Crippen LogP contribution in [0.3, 0.4) is 0 Å². The second-order valence-corrected chi connectivity index (χ2v) is 9.34. The van der Waals surface area contributed by atoms with Gasteiger partial charge in [0.1, 0.15) is 5.76 Å². The number of hydrogen-bond acceptors (Lipinski definition) is 5. The van der Waals surface area contributed by atoms with E-state index in [2.05, 4.69) is 20.2 Å². The Bertz CT molecular complexity index is 1790. The van der Waals surface area contributed by atoms with Gasteiger partial charge in [0.15, 0.2) is 5.69 Å². The molecule has 0 bridgehead atoms. The molecule has 0 unspecified atom stereocenters. The summed E-state index contributed by atoms with van der Waals surface area (Å²) in [6.45, 7) is 6.26. The van der Waals surface area contributed by atoms with Crippen molar-refractivity contribution in [1.29, 1.82) is 0 Å². The number of aromatic nitrogens is 3. The van der Waals surface area contributed by atoms with E-state index in [4.69, 9.17) is 4.52 Å². The Labute approximate surface area is 225 Å². The van der Waals surface area contributed by atoms with Crippen molar-refractivity contribution in [2.45, 2.75) is 27.3 Å². The molecule has 39 heavy (non-hydrogen) atoms. The second-order valence-electron chi connectivity index (χ2n) is 9.34. The minimum absolute atomic E-state index is 0.180. The molecule has 0 saturated heterocycles. The Balaban J connectivity index is 1.55. The number of carbonyl (C=O) groups excluding carboxylic acids is 2. The Morgan fingerprint density at radius 1 is 0.974 bits per heavy atom. The molecule has 0 aliphatic rings. The molecule has 9 heteroatoms. The van der Waals surface area contributed by atoms with E-state index in [9.17, 15) is 14.4 Å². The summed E-state index contributed by atoms with van der Waals surface area (Å²) < 4.78 is 8.73. The molecule has 3 heterocycles. The normalized spacial score (nSPS) is 11.1. The van der Waals surface area contributed by atoms with Crippen LogP contribution in [0.25, 0.3) is 33.3 Å². The molecule has 2 aromatic carbocycles. The highest BCUT2D eigenvalue weighted by Gasteiger charge is 2.21. The van der Waals surface area contributed by atoms with Crippen LogP contribution in [0.5, 0.6) is 0 Å². The van der Waals surface area contributed by atoms with Crippen molar-refractivity contribution in [3.63, 3.8) is 0 Å². The van der Waals surface area contributed by atoms with E-state index in [1.165, 1.54) is 4.74 Å². The quantitative estimate of drug-likeness (QED) is 0.329. The molecule has 5 rings (SSSR count). The van der Waals surface area contributed by atoms with Crippen molar-refractivity contribution in [1.82, 2.24) is 19.6 Å². The predicted octanol–water partition coefficient (Wildman–Crippen LogP) is 4.91. The van der Waals surface area contributed by atoms with E-state index in [1.54, 1.807) is 45.3 Å². The molecule has 9 nitrogen and oxygen atoms in total. The van der Waals surface area contributed by atoms with Crippen LogP contribution in [-0.2, 0) is 13.6 Å². The largest absolute Gasteiger partial charge is 0.381 e. The Kier molecular flexibility index (Phi) is 6.66. The van der Waals surface area contributed by atoms with Gasteiger partial charge in [-0.2, -0.15) is 4.74 Å². The molecule has 0 spiro atoms. The third-order valence-electron chi connectivity index (χ3n) is 6.74. The van der Waals surface area contributed by atoms with Crippen LogP contribution in [0.2, 0.25) is 0 Å². The third kappa shape index (κ3) is 4.63. The van der Waals surface area contributed by atoms with Crippen LogP contribution in [0.1, 0.15) is 39.2 Å². The monoisotopic (exact) mass is 523 g/mol. The van der Waals surface area contributed by atoms with E-state index in [0.29, 0.717) is 40.5 Å². The van der Waals surface area contributed by atoms with Crippen LogP contribution in [0.15, 0.2) is 70.0 Å². The number of hydrogen-bond donors (Lipinski definition) is 2. The van der Waals surface area contributed by atoms with E-state index in [0.717, 1.165) is 27.7 Å². The lowest BCUT2D eigenvalue weighted by atomic mass is 10.0. The number of benzene rings is 2. The number of rotatable bonds is 6. The van der Waals surface area contributed by atoms with Gasteiger partial charge in [0.05, 0.1) is 11.1 Å². The standard InChI is InChI=1S/C30H29N5O4/c1-6-35-24(19-10-12-20(13-11-19)25-18(3)39-34(5)30(25)38)16-22-14-17(2)32-26(27(22)35)29(37)33-23-9-7-8-21(15-23)28(36)31-4/h7-16H,6H2,1-5H3,(H,31,36)(H,33,37). The zero-order valence-electron chi connectivity index (χ0n) is 22.5.